The van der Waals surface area contributed by atoms with Gasteiger partial charge in [0.25, 0.3) is 11.8 Å². The second-order valence-electron chi connectivity index (χ2n) is 3.65. The average Bonchev–Trinajstić information content (AvgIpc) is 2.83. The van der Waals surface area contributed by atoms with Crippen LogP contribution < -0.4 is 0 Å². The van der Waals surface area contributed by atoms with Crippen molar-refractivity contribution in [3.8, 4) is 0 Å². The van der Waals surface area contributed by atoms with Crippen molar-refractivity contribution in [1.82, 2.24) is 0 Å². The van der Waals surface area contributed by atoms with Gasteiger partial charge in [-0.05, 0) is 6.08 Å². The highest BCUT2D eigenvalue weighted by molar-refractivity contribution is 5.75. The van der Waals surface area contributed by atoms with Crippen LogP contribution in [-0.4, -0.2) is 43.0 Å². The Labute approximate surface area is 91.1 Å². The Morgan fingerprint density at radius 3 is 2.75 bits per heavy atom. The first-order chi connectivity index (χ1) is 7.55. The van der Waals surface area contributed by atoms with Gasteiger partial charge >= 0.3 is 5.97 Å². The summed E-state index contributed by atoms with van der Waals surface area (Å²) in [4.78, 5) is 21.9. The highest BCUT2D eigenvalue weighted by atomic mass is 16.7. The Kier molecular flexibility index (Phi) is 2.43. The van der Waals surface area contributed by atoms with Gasteiger partial charge in [-0.3, -0.25) is 14.9 Å². The highest BCUT2D eigenvalue weighted by Gasteiger charge is 2.67. The van der Waals surface area contributed by atoms with E-state index in [1.165, 1.54) is 20.3 Å². The molecule has 16 heavy (non-hydrogen) atoms. The average molecular weight is 229 g/mol. The number of nitro groups is 1. The molecule has 0 amide bonds. The summed E-state index contributed by atoms with van der Waals surface area (Å²) in [5.41, 5.74) is 0. The van der Waals surface area contributed by atoms with Crippen LogP contribution in [0.5, 0.6) is 0 Å². The maximum Gasteiger partial charge on any atom is 0.318 e. The van der Waals surface area contributed by atoms with Gasteiger partial charge in [0.1, 0.15) is 6.10 Å². The van der Waals surface area contributed by atoms with Crippen LogP contribution in [0.3, 0.4) is 0 Å². The number of hydrogen-bond donors (Lipinski definition) is 0. The van der Waals surface area contributed by atoms with E-state index in [1.54, 1.807) is 6.08 Å². The van der Waals surface area contributed by atoms with E-state index in [0.29, 0.717) is 0 Å². The molecule has 7 heteroatoms. The summed E-state index contributed by atoms with van der Waals surface area (Å²) < 4.78 is 14.9. The van der Waals surface area contributed by atoms with Crippen molar-refractivity contribution in [3.05, 3.63) is 22.3 Å². The zero-order valence-electron chi connectivity index (χ0n) is 8.78. The minimum Gasteiger partial charge on any atom is -0.469 e. The second-order valence-corrected chi connectivity index (χ2v) is 3.65. The summed E-state index contributed by atoms with van der Waals surface area (Å²) in [5.74, 6) is -3.05. The third-order valence-corrected chi connectivity index (χ3v) is 2.96. The second kappa shape index (κ2) is 3.53. The fraction of sp³-hybridized carbons (Fsp3) is 0.667. The van der Waals surface area contributed by atoms with Gasteiger partial charge in [0, 0.05) is 12.0 Å². The fourth-order valence-electron chi connectivity index (χ4n) is 2.23. The Morgan fingerprint density at radius 1 is 1.56 bits per heavy atom. The van der Waals surface area contributed by atoms with E-state index < -0.39 is 34.7 Å². The van der Waals surface area contributed by atoms with Crippen LogP contribution in [0.2, 0.25) is 0 Å². The van der Waals surface area contributed by atoms with Gasteiger partial charge in [-0.2, -0.15) is 0 Å². The van der Waals surface area contributed by atoms with Crippen molar-refractivity contribution in [1.29, 1.82) is 0 Å². The number of hydrogen-bond acceptors (Lipinski definition) is 6. The molecule has 0 N–H and O–H groups in total. The molecule has 0 saturated carbocycles. The molecule has 0 spiro atoms. The summed E-state index contributed by atoms with van der Waals surface area (Å²) in [5, 5.41) is 11.0. The molecule has 1 fully saturated rings. The third-order valence-electron chi connectivity index (χ3n) is 2.96. The Bertz CT molecular complexity index is 367. The van der Waals surface area contributed by atoms with E-state index in [-0.39, 0.29) is 0 Å². The SMILES string of the molecule is COC(=O)[C@H]1[C@@H]2C=C[C@@](OC)(O2)[C@@H]1[N+](=O)[O-]. The molecule has 0 radical (unpaired) electrons. The number of rotatable bonds is 3. The summed E-state index contributed by atoms with van der Waals surface area (Å²) >= 11 is 0. The van der Waals surface area contributed by atoms with Crippen LogP contribution in [0.15, 0.2) is 12.2 Å². The zero-order chi connectivity index (χ0) is 11.9. The first kappa shape index (κ1) is 11.0. The molecule has 2 aliphatic heterocycles. The van der Waals surface area contributed by atoms with E-state index in [9.17, 15) is 14.9 Å². The van der Waals surface area contributed by atoms with Gasteiger partial charge < -0.3 is 14.2 Å². The van der Waals surface area contributed by atoms with Crippen LogP contribution in [0.25, 0.3) is 0 Å². The first-order valence-electron chi connectivity index (χ1n) is 4.69. The molecule has 2 heterocycles. The minimum absolute atomic E-state index is 0.561. The molecule has 2 rings (SSSR count). The van der Waals surface area contributed by atoms with Crippen LogP contribution in [0.4, 0.5) is 0 Å². The number of fused-ring (bicyclic) bond motifs is 2. The minimum atomic E-state index is -1.44. The summed E-state index contributed by atoms with van der Waals surface area (Å²) in [6.07, 6.45) is 2.41. The van der Waals surface area contributed by atoms with Crippen LogP contribution in [0, 0.1) is 16.0 Å². The largest absolute Gasteiger partial charge is 0.469 e. The molecule has 4 atom stereocenters. The predicted molar refractivity (Wildman–Crippen MR) is 50.0 cm³/mol. The lowest BCUT2D eigenvalue weighted by atomic mass is 9.87. The van der Waals surface area contributed by atoms with Crippen molar-refractivity contribution < 1.29 is 23.9 Å². The molecule has 0 unspecified atom stereocenters. The monoisotopic (exact) mass is 229 g/mol. The Hall–Kier alpha value is -1.47. The molecule has 2 aliphatic rings. The molecule has 0 aromatic heterocycles. The van der Waals surface area contributed by atoms with Gasteiger partial charge in [0.15, 0.2) is 5.92 Å². The highest BCUT2D eigenvalue weighted by Crippen LogP contribution is 2.44. The first-order valence-corrected chi connectivity index (χ1v) is 4.69. The van der Waals surface area contributed by atoms with E-state index >= 15 is 0 Å². The lowest BCUT2D eigenvalue weighted by Gasteiger charge is -2.24. The topological polar surface area (TPSA) is 87.9 Å². The molecule has 7 nitrogen and oxygen atoms in total. The third kappa shape index (κ3) is 1.25. The lowest BCUT2D eigenvalue weighted by Crippen LogP contribution is -2.49. The summed E-state index contributed by atoms with van der Waals surface area (Å²) in [6, 6.07) is -1.26. The number of nitrogens with zero attached hydrogens (tertiary/aromatic N) is 1. The molecule has 1 saturated heterocycles. The Balaban J connectivity index is 2.38. The summed E-state index contributed by atoms with van der Waals surface area (Å²) in [7, 11) is 2.50. The number of carbonyl (C=O) groups excluding carboxylic acids is 1. The normalized spacial score (nSPS) is 40.0. The quantitative estimate of drug-likeness (QED) is 0.286. The van der Waals surface area contributed by atoms with Gasteiger partial charge in [-0.1, -0.05) is 6.08 Å². The molecule has 2 bridgehead atoms. The molecular formula is C9H11NO6. The Morgan fingerprint density at radius 2 is 2.25 bits per heavy atom. The van der Waals surface area contributed by atoms with Crippen molar-refractivity contribution in [3.63, 3.8) is 0 Å². The van der Waals surface area contributed by atoms with Crippen molar-refractivity contribution in [2.45, 2.75) is 17.9 Å². The van der Waals surface area contributed by atoms with Crippen molar-refractivity contribution >= 4 is 5.97 Å². The molecule has 0 aliphatic carbocycles. The predicted octanol–water partition coefficient (Wildman–Crippen LogP) is -0.268. The number of ether oxygens (including phenoxy) is 3. The molecular weight excluding hydrogens is 218 g/mol. The van der Waals surface area contributed by atoms with Gasteiger partial charge in [0.05, 0.1) is 7.11 Å². The van der Waals surface area contributed by atoms with Gasteiger partial charge in [-0.25, -0.2) is 0 Å². The maximum absolute atomic E-state index is 11.5. The van der Waals surface area contributed by atoms with E-state index in [0.717, 1.165) is 0 Å². The van der Waals surface area contributed by atoms with Crippen LogP contribution >= 0.6 is 0 Å². The fourth-order valence-corrected chi connectivity index (χ4v) is 2.23. The lowest BCUT2D eigenvalue weighted by molar-refractivity contribution is -0.553. The standard InChI is InChI=1S/C9H11NO6/c1-14-8(11)6-5-3-4-9(15-2,16-5)7(6)10(12)13/h3-7H,1-2H3/t5-,6-,7+,9+/m0/s1. The van der Waals surface area contributed by atoms with E-state index in [1.807, 2.05) is 0 Å². The summed E-state index contributed by atoms with van der Waals surface area (Å²) in [6.45, 7) is 0. The maximum atomic E-state index is 11.5. The van der Waals surface area contributed by atoms with E-state index in [2.05, 4.69) is 4.74 Å². The van der Waals surface area contributed by atoms with Gasteiger partial charge in [-0.15, -0.1) is 0 Å². The van der Waals surface area contributed by atoms with Crippen LogP contribution in [-0.2, 0) is 19.0 Å². The zero-order valence-corrected chi connectivity index (χ0v) is 8.78. The van der Waals surface area contributed by atoms with Gasteiger partial charge in [0.2, 0.25) is 0 Å². The number of methoxy groups -OCH3 is 2. The smallest absolute Gasteiger partial charge is 0.318 e. The molecule has 0 aromatic carbocycles. The number of esters is 1. The van der Waals surface area contributed by atoms with Crippen LogP contribution in [0.1, 0.15) is 0 Å². The van der Waals surface area contributed by atoms with Crippen molar-refractivity contribution in [2.24, 2.45) is 5.92 Å². The van der Waals surface area contributed by atoms with E-state index in [4.69, 9.17) is 9.47 Å². The molecule has 88 valence electrons. The molecule has 0 aromatic rings. The van der Waals surface area contributed by atoms with Crippen molar-refractivity contribution in [2.75, 3.05) is 14.2 Å². The number of carbonyl (C=O) groups is 1.